The van der Waals surface area contributed by atoms with Gasteiger partial charge in [0.25, 0.3) is 11.6 Å². The van der Waals surface area contributed by atoms with E-state index >= 15 is 0 Å². The van der Waals surface area contributed by atoms with E-state index in [0.29, 0.717) is 35.6 Å². The van der Waals surface area contributed by atoms with Crippen LogP contribution in [0.1, 0.15) is 50.7 Å². The summed E-state index contributed by atoms with van der Waals surface area (Å²) in [6, 6.07) is 21.3. The van der Waals surface area contributed by atoms with Gasteiger partial charge in [0.1, 0.15) is 53.3 Å². The van der Waals surface area contributed by atoms with Crippen molar-refractivity contribution >= 4 is 99.7 Å². The first-order valence-corrected chi connectivity index (χ1v) is 26.4. The first kappa shape index (κ1) is 61.9. The van der Waals surface area contributed by atoms with Crippen LogP contribution in [0.2, 0.25) is 5.02 Å². The largest absolute Gasteiger partial charge is 0.778 e. The number of benzene rings is 3. The number of nitrogens with zero attached hydrogens (tertiary/aromatic N) is 3. The van der Waals surface area contributed by atoms with Crippen LogP contribution in [0.25, 0.3) is 0 Å². The Kier molecular flexibility index (Phi) is 27.8. The van der Waals surface area contributed by atoms with Crippen molar-refractivity contribution in [3.05, 3.63) is 111 Å². The summed E-state index contributed by atoms with van der Waals surface area (Å²) >= 11 is 22.9. The molecule has 1 fully saturated rings. The van der Waals surface area contributed by atoms with Gasteiger partial charge in [-0.2, -0.15) is 0 Å². The Labute approximate surface area is 419 Å². The normalized spacial score (nSPS) is 14.8. The summed E-state index contributed by atoms with van der Waals surface area (Å²) in [6.07, 6.45) is 8.04. The zero-order chi connectivity index (χ0) is 51.9. The molecule has 68 heavy (non-hydrogen) atoms. The first-order chi connectivity index (χ1) is 31.7. The van der Waals surface area contributed by atoms with Gasteiger partial charge in [-0.25, -0.2) is 0 Å². The number of nitro benzene ring substituents is 1. The molecule has 24 heteroatoms. The molecule has 5 N–H and O–H groups in total. The number of nitrogens with two attached hydrogens (primary N) is 1. The maximum absolute atomic E-state index is 12.2. The molecule has 3 atom stereocenters. The Morgan fingerprint density at radius 3 is 2.19 bits per heavy atom. The minimum atomic E-state index is -4.35. The number of amides is 2. The van der Waals surface area contributed by atoms with Crippen LogP contribution in [0, 0.1) is 17.0 Å². The molecule has 378 valence electrons. The monoisotopic (exact) mass is 1070 g/mol. The predicted molar refractivity (Wildman–Crippen MR) is 268 cm³/mol. The maximum Gasteiger partial charge on any atom is 0.317 e. The number of furan rings is 1. The number of hydrogen-bond acceptors (Lipinski definition) is 13. The van der Waals surface area contributed by atoms with Gasteiger partial charge in [0.2, 0.25) is 5.91 Å². The summed E-state index contributed by atoms with van der Waals surface area (Å²) in [5.74, 6) is -0.0883. The molecule has 1 aliphatic heterocycles. The van der Waals surface area contributed by atoms with Crippen LogP contribution < -0.4 is 25.6 Å². The smallest absolute Gasteiger partial charge is 0.317 e. The van der Waals surface area contributed by atoms with Crippen molar-refractivity contribution in [2.45, 2.75) is 63.7 Å². The minimum Gasteiger partial charge on any atom is -0.778 e. The Bertz CT molecular complexity index is 2240. The molecular formula is C44H60Cl4N5O13PS. The van der Waals surface area contributed by atoms with Crippen molar-refractivity contribution in [1.82, 2.24) is 10.2 Å². The first-order valence-electron chi connectivity index (χ1n) is 20.4. The van der Waals surface area contributed by atoms with E-state index in [2.05, 4.69) is 31.8 Å². The number of aliphatic carboxylic acids is 1. The molecule has 1 aliphatic rings. The number of carboxylic acids is 1. The third-order valence-electron chi connectivity index (χ3n) is 8.79. The van der Waals surface area contributed by atoms with Crippen molar-refractivity contribution in [2.75, 3.05) is 68.4 Å². The maximum atomic E-state index is 12.2. The molecular weight excluding hydrogens is 1010 g/mol. The van der Waals surface area contributed by atoms with Crippen LogP contribution in [0.5, 0.6) is 11.5 Å². The second kappa shape index (κ2) is 30.5. The van der Waals surface area contributed by atoms with Gasteiger partial charge >= 0.3 is 5.97 Å². The molecule has 3 aromatic carbocycles. The molecule has 2 heterocycles. The number of aryl methyl sites for hydroxylation is 2. The molecule has 18 nitrogen and oxygen atoms in total. The zero-order valence-electron chi connectivity index (χ0n) is 39.2. The van der Waals surface area contributed by atoms with E-state index in [0.717, 1.165) is 23.2 Å². The minimum absolute atomic E-state index is 0.0223. The number of nitro groups is 1. The lowest BCUT2D eigenvalue weighted by molar-refractivity contribution is -0.383. The number of ether oxygens (including phenoxy) is 3. The highest BCUT2D eigenvalue weighted by molar-refractivity contribution is 7.94. The number of carbonyl (C=O) groups is 3. The molecule has 0 radical (unpaired) electrons. The SMILES string of the molecule is CC1(C)OC(c2ccco2)CN1C(=O)C(Cl)Cl.CCc1cccc(C)c1N(C(=O)CCl)C(C)COC.C[S+](C)C.Nc1c([N+](=O)[O-])ccc(Oc2ccccc2)c1Cl.O=C(O)CNCP(=O)([O-])O. The van der Waals surface area contributed by atoms with Gasteiger partial charge in [-0.05, 0) is 86.5 Å². The van der Waals surface area contributed by atoms with Crippen molar-refractivity contribution in [2.24, 2.45) is 0 Å². The second-order valence-electron chi connectivity index (χ2n) is 15.3. The standard InChI is InChI=1S/C15H22ClNO2.C12H9ClN2O3.C11H13Cl2NO3.C3H8NO5P.C3H9S/c1-5-13-8-6-7-11(2)15(13)17(14(18)9-16)12(3)10-19-4;13-11-10(18-8-4-2-1-3-5-8)7-6-9(12(11)14)15(16)17;1-11(2)14(10(15)9(12)13)6-8(17-11)7-4-3-5-16-7;5-3(6)1-4-2-10(7,8)9;1-4(2)3/h6-8,12H,5,9-10H2,1-4H3;1-7H,14H2;3-5,8-9H,6H2,1-2H3;4H,1-2H2,(H,5,6)(H2,7,8,9);1-3H3/q;;;;+1/p-1. The van der Waals surface area contributed by atoms with Crippen molar-refractivity contribution in [1.29, 1.82) is 0 Å². The van der Waals surface area contributed by atoms with Crippen LogP contribution in [0.3, 0.4) is 0 Å². The van der Waals surface area contributed by atoms with Gasteiger partial charge in [0.05, 0.1) is 67.7 Å². The number of alkyl halides is 3. The molecule has 2 amide bonds. The number of carbonyl (C=O) groups excluding carboxylic acids is 2. The lowest BCUT2D eigenvalue weighted by atomic mass is 10.0. The fraction of sp³-hybridized carbons (Fsp3) is 0.432. The number of methoxy groups -OCH3 is 1. The number of halogens is 4. The van der Waals surface area contributed by atoms with Gasteiger partial charge < -0.3 is 53.6 Å². The summed E-state index contributed by atoms with van der Waals surface area (Å²) < 4.78 is 31.6. The third kappa shape index (κ3) is 21.7. The Balaban J connectivity index is 0.000000450. The molecule has 1 aromatic heterocycles. The van der Waals surface area contributed by atoms with Crippen LogP contribution >= 0.6 is 54.0 Å². The number of rotatable bonds is 15. The summed E-state index contributed by atoms with van der Waals surface area (Å²) in [6.45, 7) is 10.1. The zero-order valence-corrected chi connectivity index (χ0v) is 43.9. The van der Waals surface area contributed by atoms with E-state index in [1.807, 2.05) is 43.4 Å². The number of para-hydroxylation sites is 2. The van der Waals surface area contributed by atoms with E-state index < -0.39 is 41.9 Å². The third-order valence-corrected chi connectivity index (χ3v) is 10.4. The van der Waals surface area contributed by atoms with E-state index in [1.165, 1.54) is 17.0 Å². The molecule has 0 aliphatic carbocycles. The molecule has 0 bridgehead atoms. The van der Waals surface area contributed by atoms with Gasteiger partial charge in [-0.1, -0.05) is 78.1 Å². The van der Waals surface area contributed by atoms with Crippen molar-refractivity contribution in [3.8, 4) is 11.5 Å². The second-order valence-corrected chi connectivity index (χ2v) is 21.1. The molecule has 1 saturated heterocycles. The Hall–Kier alpha value is -4.11. The van der Waals surface area contributed by atoms with E-state index in [-0.39, 0.29) is 52.0 Å². The summed E-state index contributed by atoms with van der Waals surface area (Å²) in [5.41, 5.74) is 7.72. The Morgan fingerprint density at radius 1 is 1.09 bits per heavy atom. The van der Waals surface area contributed by atoms with Crippen LogP contribution in [0.4, 0.5) is 17.1 Å². The van der Waals surface area contributed by atoms with Crippen molar-refractivity contribution < 1.29 is 57.4 Å². The number of carboxylic acid groups (broad SMARTS) is 1. The molecule has 4 aromatic rings. The van der Waals surface area contributed by atoms with Gasteiger partial charge in [-0.15, -0.1) is 11.6 Å². The van der Waals surface area contributed by atoms with Crippen molar-refractivity contribution in [3.63, 3.8) is 0 Å². The van der Waals surface area contributed by atoms with Crippen LogP contribution in [-0.2, 0) is 45.7 Å². The fourth-order valence-corrected chi connectivity index (χ4v) is 6.93. The highest BCUT2D eigenvalue weighted by Crippen LogP contribution is 2.39. The van der Waals surface area contributed by atoms with Gasteiger partial charge in [0.15, 0.2) is 4.84 Å². The highest BCUT2D eigenvalue weighted by atomic mass is 35.5. The van der Waals surface area contributed by atoms with Crippen LogP contribution in [0.15, 0.2) is 83.5 Å². The topological polar surface area (TPSA) is 260 Å². The lowest BCUT2D eigenvalue weighted by Gasteiger charge is -2.31. The highest BCUT2D eigenvalue weighted by Gasteiger charge is 2.45. The van der Waals surface area contributed by atoms with E-state index in [4.69, 9.17) is 80.8 Å². The van der Waals surface area contributed by atoms with Gasteiger partial charge in [0, 0.05) is 13.2 Å². The number of hydrogen-bond donors (Lipinski definition) is 4. The summed E-state index contributed by atoms with van der Waals surface area (Å²) in [7, 11) is -2.07. The van der Waals surface area contributed by atoms with E-state index in [1.54, 1.807) is 62.5 Å². The van der Waals surface area contributed by atoms with E-state index in [9.17, 15) is 34.0 Å². The summed E-state index contributed by atoms with van der Waals surface area (Å²) in [4.78, 5) is 64.1. The Morgan fingerprint density at radius 2 is 1.71 bits per heavy atom. The fourth-order valence-electron chi connectivity index (χ4n) is 5.97. The summed E-state index contributed by atoms with van der Waals surface area (Å²) in [5, 5.41) is 20.7. The molecule has 0 spiro atoms. The quantitative estimate of drug-likeness (QED) is 0.0219. The molecule has 0 saturated carbocycles. The lowest BCUT2D eigenvalue weighted by Crippen LogP contribution is -2.45. The van der Waals surface area contributed by atoms with Crippen LogP contribution in [-0.4, -0.2) is 112 Å². The number of nitrogen functional groups attached to an aromatic ring is 1. The molecule has 3 unspecified atom stereocenters. The number of nitrogens with one attached hydrogen (secondary N) is 1. The average molecular weight is 1070 g/mol. The average Bonchev–Trinajstić information content (AvgIpc) is 3.91. The van der Waals surface area contributed by atoms with Gasteiger partial charge in [-0.3, -0.25) is 29.8 Å². The predicted octanol–water partition coefficient (Wildman–Crippen LogP) is 8.16. The number of anilines is 2. The molecule has 5 rings (SSSR count).